The molecule has 1 aromatic carbocycles. The van der Waals surface area contributed by atoms with Crippen LogP contribution >= 0.6 is 23.2 Å². The quantitative estimate of drug-likeness (QED) is 0.592. The molecule has 25 heavy (non-hydrogen) atoms. The van der Waals surface area contributed by atoms with Gasteiger partial charge in [-0.3, -0.25) is 4.98 Å². The Kier molecular flexibility index (Phi) is 4.48. The molecule has 2 aromatic heterocycles. The summed E-state index contributed by atoms with van der Waals surface area (Å²) in [6.07, 6.45) is 4.16. The number of aromatic carboxylic acids is 1. The minimum atomic E-state index is -1.24. The predicted octanol–water partition coefficient (Wildman–Crippen LogP) is 4.19. The number of hydrogen-bond donors (Lipinski definition) is 3. The van der Waals surface area contributed by atoms with Crippen LogP contribution in [0.4, 0.5) is 0 Å². The molecule has 0 aliphatic heterocycles. The molecule has 6 nitrogen and oxygen atoms in total. The topological polar surface area (TPSA) is 103 Å². The standard InChI is InChI=1S/C17H10Cl2N2O4/c18-9-4-12(19)14-11(15(17(24)25)21-13(14)5-9)6-10(16(22)23)8-2-1-3-20-7-8/h1-7,21H,(H,22,23)(H,24,25)/b10-6+. The Hall–Kier alpha value is -2.83. The Morgan fingerprint density at radius 2 is 1.96 bits per heavy atom. The molecule has 0 aliphatic carbocycles. The molecule has 0 unspecified atom stereocenters. The Labute approximate surface area is 151 Å². The van der Waals surface area contributed by atoms with Gasteiger partial charge in [-0.1, -0.05) is 29.3 Å². The van der Waals surface area contributed by atoms with E-state index in [1.807, 2.05) is 0 Å². The number of aliphatic carboxylic acids is 1. The Balaban J connectivity index is 2.35. The summed E-state index contributed by atoms with van der Waals surface area (Å²) < 4.78 is 0. The number of fused-ring (bicyclic) bond motifs is 1. The highest BCUT2D eigenvalue weighted by atomic mass is 35.5. The monoisotopic (exact) mass is 376 g/mol. The van der Waals surface area contributed by atoms with Crippen LogP contribution in [-0.4, -0.2) is 32.1 Å². The summed E-state index contributed by atoms with van der Waals surface area (Å²) in [6.45, 7) is 0. The number of halogens is 2. The van der Waals surface area contributed by atoms with Crippen LogP contribution in [0.1, 0.15) is 21.6 Å². The van der Waals surface area contributed by atoms with Gasteiger partial charge in [0.25, 0.3) is 0 Å². The van der Waals surface area contributed by atoms with Crippen molar-refractivity contribution >= 4 is 57.7 Å². The van der Waals surface area contributed by atoms with E-state index in [0.717, 1.165) is 0 Å². The molecular formula is C17H10Cl2N2O4. The Morgan fingerprint density at radius 3 is 2.56 bits per heavy atom. The molecular weight excluding hydrogens is 367 g/mol. The molecule has 0 fully saturated rings. The van der Waals surface area contributed by atoms with Gasteiger partial charge in [0, 0.05) is 39.4 Å². The molecule has 0 saturated carbocycles. The van der Waals surface area contributed by atoms with Gasteiger partial charge in [-0.2, -0.15) is 0 Å². The van der Waals surface area contributed by atoms with E-state index < -0.39 is 11.9 Å². The smallest absolute Gasteiger partial charge is 0.352 e. The lowest BCUT2D eigenvalue weighted by Crippen LogP contribution is -2.02. The zero-order chi connectivity index (χ0) is 18.1. The molecule has 0 atom stereocenters. The van der Waals surface area contributed by atoms with Gasteiger partial charge in [0.1, 0.15) is 5.69 Å². The summed E-state index contributed by atoms with van der Waals surface area (Å²) in [5.41, 5.74) is 0.609. The van der Waals surface area contributed by atoms with Crippen LogP contribution in [0.2, 0.25) is 10.0 Å². The minimum Gasteiger partial charge on any atom is -0.478 e. The van der Waals surface area contributed by atoms with E-state index in [4.69, 9.17) is 23.2 Å². The second-order valence-electron chi connectivity index (χ2n) is 5.13. The molecule has 0 amide bonds. The third-order valence-electron chi connectivity index (χ3n) is 3.56. The maximum Gasteiger partial charge on any atom is 0.352 e. The van der Waals surface area contributed by atoms with Gasteiger partial charge in [-0.05, 0) is 24.3 Å². The first-order valence-electron chi connectivity index (χ1n) is 6.98. The van der Waals surface area contributed by atoms with E-state index in [1.165, 1.54) is 30.6 Å². The zero-order valence-electron chi connectivity index (χ0n) is 12.5. The van der Waals surface area contributed by atoms with Gasteiger partial charge in [-0.25, -0.2) is 9.59 Å². The first-order valence-corrected chi connectivity index (χ1v) is 7.73. The third-order valence-corrected chi connectivity index (χ3v) is 4.08. The number of H-pyrrole nitrogens is 1. The normalized spacial score (nSPS) is 11.7. The Bertz CT molecular complexity index is 1030. The molecule has 8 heteroatoms. The van der Waals surface area contributed by atoms with Crippen LogP contribution in [0.15, 0.2) is 36.7 Å². The van der Waals surface area contributed by atoms with Crippen molar-refractivity contribution in [2.75, 3.05) is 0 Å². The van der Waals surface area contributed by atoms with E-state index in [0.29, 0.717) is 21.5 Å². The number of rotatable bonds is 4. The molecule has 3 aromatic rings. The van der Waals surface area contributed by atoms with Gasteiger partial charge in [0.2, 0.25) is 0 Å². The summed E-state index contributed by atoms with van der Waals surface area (Å²) in [6, 6.07) is 6.15. The van der Waals surface area contributed by atoms with Crippen molar-refractivity contribution in [3.63, 3.8) is 0 Å². The molecule has 0 aliphatic rings. The summed E-state index contributed by atoms with van der Waals surface area (Å²) in [7, 11) is 0. The number of benzene rings is 1. The fourth-order valence-corrected chi connectivity index (χ4v) is 3.12. The molecule has 3 rings (SSSR count). The van der Waals surface area contributed by atoms with E-state index in [9.17, 15) is 19.8 Å². The largest absolute Gasteiger partial charge is 0.478 e. The van der Waals surface area contributed by atoms with E-state index >= 15 is 0 Å². The number of carbonyl (C=O) groups is 2. The second kappa shape index (κ2) is 6.58. The van der Waals surface area contributed by atoms with Gasteiger partial charge in [0.15, 0.2) is 0 Å². The van der Waals surface area contributed by atoms with Crippen LogP contribution in [0, 0.1) is 0 Å². The van der Waals surface area contributed by atoms with Gasteiger partial charge >= 0.3 is 11.9 Å². The van der Waals surface area contributed by atoms with Gasteiger partial charge < -0.3 is 15.2 Å². The second-order valence-corrected chi connectivity index (χ2v) is 5.98. The van der Waals surface area contributed by atoms with Crippen molar-refractivity contribution in [2.45, 2.75) is 0 Å². The average molecular weight is 377 g/mol. The molecule has 0 spiro atoms. The minimum absolute atomic E-state index is 0.109. The highest BCUT2D eigenvalue weighted by molar-refractivity contribution is 6.39. The van der Waals surface area contributed by atoms with E-state index in [1.54, 1.807) is 12.1 Å². The fraction of sp³-hybridized carbons (Fsp3) is 0. The van der Waals surface area contributed by atoms with E-state index in [2.05, 4.69) is 9.97 Å². The molecule has 2 heterocycles. The lowest BCUT2D eigenvalue weighted by atomic mass is 10.0. The van der Waals surface area contributed by atoms with Crippen LogP contribution in [0.3, 0.4) is 0 Å². The highest BCUT2D eigenvalue weighted by Crippen LogP contribution is 2.34. The number of carboxylic acid groups (broad SMARTS) is 2. The van der Waals surface area contributed by atoms with Crippen LogP contribution < -0.4 is 0 Å². The summed E-state index contributed by atoms with van der Waals surface area (Å²) in [4.78, 5) is 29.9. The van der Waals surface area contributed by atoms with Crippen molar-refractivity contribution in [3.05, 3.63) is 63.5 Å². The number of aromatic amines is 1. The molecule has 3 N–H and O–H groups in total. The third kappa shape index (κ3) is 3.22. The number of hydrogen-bond acceptors (Lipinski definition) is 3. The summed E-state index contributed by atoms with van der Waals surface area (Å²) >= 11 is 12.2. The van der Waals surface area contributed by atoms with Crippen LogP contribution in [0.5, 0.6) is 0 Å². The SMILES string of the molecule is O=C(O)/C(=C/c1c(C(=O)O)[nH]c2cc(Cl)cc(Cl)c12)c1cccnc1. The van der Waals surface area contributed by atoms with Gasteiger partial charge in [-0.15, -0.1) is 0 Å². The fourth-order valence-electron chi connectivity index (χ4n) is 2.52. The van der Waals surface area contributed by atoms with Crippen molar-refractivity contribution in [1.29, 1.82) is 0 Å². The molecule has 0 radical (unpaired) electrons. The number of aromatic nitrogens is 2. The molecule has 0 saturated heterocycles. The van der Waals surface area contributed by atoms with Crippen molar-refractivity contribution < 1.29 is 19.8 Å². The van der Waals surface area contributed by atoms with Gasteiger partial charge in [0.05, 0.1) is 10.6 Å². The summed E-state index contributed by atoms with van der Waals surface area (Å²) in [5, 5.41) is 19.9. The van der Waals surface area contributed by atoms with E-state index in [-0.39, 0.29) is 21.9 Å². The zero-order valence-corrected chi connectivity index (χ0v) is 14.0. The van der Waals surface area contributed by atoms with Crippen molar-refractivity contribution in [1.82, 2.24) is 9.97 Å². The highest BCUT2D eigenvalue weighted by Gasteiger charge is 2.21. The number of pyridine rings is 1. The van der Waals surface area contributed by atoms with Crippen molar-refractivity contribution in [2.24, 2.45) is 0 Å². The first-order chi connectivity index (χ1) is 11.9. The average Bonchev–Trinajstić information content (AvgIpc) is 2.91. The molecule has 0 bridgehead atoms. The van der Waals surface area contributed by atoms with Crippen LogP contribution in [0.25, 0.3) is 22.6 Å². The van der Waals surface area contributed by atoms with Crippen LogP contribution in [-0.2, 0) is 4.79 Å². The maximum absolute atomic E-state index is 11.7. The predicted molar refractivity (Wildman–Crippen MR) is 95.0 cm³/mol. The lowest BCUT2D eigenvalue weighted by molar-refractivity contribution is -0.130. The molecule has 126 valence electrons. The Morgan fingerprint density at radius 1 is 1.20 bits per heavy atom. The number of nitrogens with zero attached hydrogens (tertiary/aromatic N) is 1. The lowest BCUT2D eigenvalue weighted by Gasteiger charge is -2.04. The maximum atomic E-state index is 11.7. The first kappa shape index (κ1) is 17.0. The van der Waals surface area contributed by atoms with Crippen molar-refractivity contribution in [3.8, 4) is 0 Å². The number of nitrogens with one attached hydrogen (secondary N) is 1. The number of carboxylic acids is 2. The summed E-state index contributed by atoms with van der Waals surface area (Å²) in [5.74, 6) is -2.46.